The number of hydroxylamine groups is 2. The van der Waals surface area contributed by atoms with E-state index < -0.39 is 0 Å². The Hall–Kier alpha value is -0.160. The molecule has 0 aliphatic carbocycles. The van der Waals surface area contributed by atoms with Crippen LogP contribution in [0.4, 0.5) is 0 Å². The van der Waals surface area contributed by atoms with Crippen molar-refractivity contribution in [1.29, 1.82) is 0 Å². The Morgan fingerprint density at radius 2 is 1.88 bits per heavy atom. The fourth-order valence-corrected chi connectivity index (χ4v) is 0.588. The van der Waals surface area contributed by atoms with Crippen molar-refractivity contribution in [2.24, 2.45) is 5.84 Å². The van der Waals surface area contributed by atoms with Crippen LogP contribution in [0.5, 0.6) is 0 Å². The molecule has 0 radical (unpaired) electrons. The van der Waals surface area contributed by atoms with E-state index in [9.17, 15) is 0 Å². The molecule has 1 fully saturated rings. The third kappa shape index (κ3) is 1.41. The summed E-state index contributed by atoms with van der Waals surface area (Å²) >= 11 is 0. The molecule has 0 amide bonds. The van der Waals surface area contributed by atoms with Crippen LogP contribution >= 0.6 is 0 Å². The SMILES string of the molecule is C[N+]1(N)OCCCO1. The molecule has 4 heteroatoms. The predicted molar refractivity (Wildman–Crippen MR) is 26.9 cm³/mol. The molecule has 1 saturated heterocycles. The van der Waals surface area contributed by atoms with E-state index in [1.807, 2.05) is 0 Å². The summed E-state index contributed by atoms with van der Waals surface area (Å²) in [5, 5.41) is 0. The minimum atomic E-state index is -0.250. The van der Waals surface area contributed by atoms with E-state index in [-0.39, 0.29) is 4.92 Å². The summed E-state index contributed by atoms with van der Waals surface area (Å²) in [5.41, 5.74) is 0. The molecule has 4 nitrogen and oxygen atoms in total. The van der Waals surface area contributed by atoms with Crippen molar-refractivity contribution in [3.63, 3.8) is 0 Å². The average molecular weight is 119 g/mol. The van der Waals surface area contributed by atoms with E-state index in [1.54, 1.807) is 7.05 Å². The highest BCUT2D eigenvalue weighted by atomic mass is 17.0. The van der Waals surface area contributed by atoms with Crippen molar-refractivity contribution in [1.82, 2.24) is 0 Å². The summed E-state index contributed by atoms with van der Waals surface area (Å²) in [4.78, 5) is 9.67. The first kappa shape index (κ1) is 5.97. The molecule has 2 N–H and O–H groups in total. The molecule has 48 valence electrons. The summed E-state index contributed by atoms with van der Waals surface area (Å²) in [6.07, 6.45) is 0.936. The first-order valence-corrected chi connectivity index (χ1v) is 2.65. The minimum absolute atomic E-state index is 0.250. The summed E-state index contributed by atoms with van der Waals surface area (Å²) in [6.45, 7) is 1.38. The second-order valence-corrected chi connectivity index (χ2v) is 1.93. The van der Waals surface area contributed by atoms with Gasteiger partial charge in [-0.2, -0.15) is 0 Å². The van der Waals surface area contributed by atoms with Gasteiger partial charge in [0.05, 0.1) is 0 Å². The van der Waals surface area contributed by atoms with Crippen molar-refractivity contribution >= 4 is 0 Å². The number of nitrogens with zero attached hydrogens (tertiary/aromatic N) is 1. The molecule has 0 spiro atoms. The third-order valence-electron chi connectivity index (χ3n) is 0.984. The quantitative estimate of drug-likeness (QED) is 0.348. The van der Waals surface area contributed by atoms with Gasteiger partial charge in [-0.1, -0.05) is 0 Å². The fraction of sp³-hybridized carbons (Fsp3) is 1.00. The van der Waals surface area contributed by atoms with Crippen molar-refractivity contribution in [2.75, 3.05) is 20.3 Å². The van der Waals surface area contributed by atoms with Crippen LogP contribution < -0.4 is 5.84 Å². The fourth-order valence-electron chi connectivity index (χ4n) is 0.588. The average Bonchev–Trinajstić information content (AvgIpc) is 1.65. The monoisotopic (exact) mass is 119 g/mol. The van der Waals surface area contributed by atoms with Crippen LogP contribution in [0.15, 0.2) is 0 Å². The van der Waals surface area contributed by atoms with Gasteiger partial charge in [-0.25, -0.2) is 0 Å². The molecule has 0 saturated carbocycles. The molecule has 1 heterocycles. The molecule has 0 aromatic carbocycles. The second kappa shape index (κ2) is 1.99. The normalized spacial score (nSPS) is 27.8. The Balaban J connectivity index is 2.33. The van der Waals surface area contributed by atoms with E-state index in [4.69, 9.17) is 15.5 Å². The van der Waals surface area contributed by atoms with E-state index in [2.05, 4.69) is 0 Å². The second-order valence-electron chi connectivity index (χ2n) is 1.93. The molecule has 0 atom stereocenters. The smallest absolute Gasteiger partial charge is 0.147 e. The van der Waals surface area contributed by atoms with E-state index in [0.29, 0.717) is 13.2 Å². The largest absolute Gasteiger partial charge is 0.152 e. The van der Waals surface area contributed by atoms with Crippen LogP contribution in [-0.2, 0) is 9.68 Å². The first-order chi connectivity index (χ1) is 3.71. The summed E-state index contributed by atoms with van der Waals surface area (Å²) < 4.78 is 0. The highest BCUT2D eigenvalue weighted by Gasteiger charge is 2.23. The lowest BCUT2D eigenvalue weighted by atomic mass is 10.5. The predicted octanol–water partition coefficient (Wildman–Crippen LogP) is -0.426. The van der Waals surface area contributed by atoms with Crippen molar-refractivity contribution in [2.45, 2.75) is 6.42 Å². The zero-order valence-electron chi connectivity index (χ0n) is 4.96. The molecular weight excluding hydrogens is 108 g/mol. The van der Waals surface area contributed by atoms with Crippen LogP contribution in [0.2, 0.25) is 0 Å². The number of quaternary nitrogens is 1. The number of nitrogens with two attached hydrogens (primary N) is 1. The van der Waals surface area contributed by atoms with Crippen LogP contribution in [0, 0.1) is 0 Å². The summed E-state index contributed by atoms with van der Waals surface area (Å²) in [7, 11) is 1.65. The molecule has 0 aromatic rings. The Morgan fingerprint density at radius 3 is 2.12 bits per heavy atom. The first-order valence-electron chi connectivity index (χ1n) is 2.65. The molecule has 0 bridgehead atoms. The van der Waals surface area contributed by atoms with Gasteiger partial charge in [0.25, 0.3) is 0 Å². The highest BCUT2D eigenvalue weighted by molar-refractivity contribution is 4.28. The van der Waals surface area contributed by atoms with Crippen molar-refractivity contribution < 1.29 is 14.6 Å². The lowest BCUT2D eigenvalue weighted by Crippen LogP contribution is -2.53. The highest BCUT2D eigenvalue weighted by Crippen LogP contribution is 2.04. The number of hydrogen-bond acceptors (Lipinski definition) is 3. The third-order valence-corrected chi connectivity index (χ3v) is 0.984. The van der Waals surface area contributed by atoms with Crippen LogP contribution in [0.1, 0.15) is 6.42 Å². The Kier molecular flexibility index (Phi) is 1.48. The van der Waals surface area contributed by atoms with Gasteiger partial charge in [0, 0.05) is 11.3 Å². The standard InChI is InChI=1S/C4H11N2O2/c1-6(5)7-3-2-4-8-6/h2-5H2,1H3/q+1. The van der Waals surface area contributed by atoms with Crippen LogP contribution in [-0.4, -0.2) is 25.2 Å². The van der Waals surface area contributed by atoms with Crippen molar-refractivity contribution in [3.8, 4) is 0 Å². The Bertz CT molecular complexity index is 76.1. The van der Waals surface area contributed by atoms with Gasteiger partial charge >= 0.3 is 0 Å². The summed E-state index contributed by atoms with van der Waals surface area (Å²) in [6, 6.07) is 0. The van der Waals surface area contributed by atoms with Gasteiger partial charge in [0.2, 0.25) is 0 Å². The maximum atomic E-state index is 5.37. The van der Waals surface area contributed by atoms with Crippen LogP contribution in [0.3, 0.4) is 0 Å². The summed E-state index contributed by atoms with van der Waals surface area (Å²) in [5.74, 6) is 5.37. The van der Waals surface area contributed by atoms with E-state index >= 15 is 0 Å². The van der Waals surface area contributed by atoms with Gasteiger partial charge in [-0.15, -0.1) is 15.5 Å². The molecule has 0 aromatic heterocycles. The van der Waals surface area contributed by atoms with E-state index in [1.165, 1.54) is 0 Å². The molecular formula is C4H11N2O2+. The maximum Gasteiger partial charge on any atom is 0.152 e. The van der Waals surface area contributed by atoms with E-state index in [0.717, 1.165) is 6.42 Å². The van der Waals surface area contributed by atoms with Gasteiger partial charge in [-0.3, -0.25) is 0 Å². The molecule has 1 rings (SSSR count). The van der Waals surface area contributed by atoms with Gasteiger partial charge < -0.3 is 0 Å². The lowest BCUT2D eigenvalue weighted by molar-refractivity contribution is -1.25. The van der Waals surface area contributed by atoms with Crippen molar-refractivity contribution in [3.05, 3.63) is 0 Å². The molecule has 8 heavy (non-hydrogen) atoms. The molecule has 1 aliphatic heterocycles. The van der Waals surface area contributed by atoms with Crippen LogP contribution in [0.25, 0.3) is 0 Å². The zero-order chi connectivity index (χ0) is 6.04. The maximum absolute atomic E-state index is 5.37. The van der Waals surface area contributed by atoms with Gasteiger partial charge in [0.15, 0.2) is 7.05 Å². The lowest BCUT2D eigenvalue weighted by Gasteiger charge is -2.25. The Labute approximate surface area is 48.2 Å². The topological polar surface area (TPSA) is 44.5 Å². The minimum Gasteiger partial charge on any atom is -0.147 e. The zero-order valence-corrected chi connectivity index (χ0v) is 4.96. The number of rotatable bonds is 0. The van der Waals surface area contributed by atoms with Gasteiger partial charge in [-0.05, 0) is 0 Å². The number of hydrogen-bond donors (Lipinski definition) is 1. The molecule has 1 aliphatic rings. The Morgan fingerprint density at radius 1 is 1.38 bits per heavy atom. The molecule has 0 unspecified atom stereocenters. The van der Waals surface area contributed by atoms with Gasteiger partial charge in [0.1, 0.15) is 13.2 Å².